The van der Waals surface area contributed by atoms with Gasteiger partial charge in [0.05, 0.1) is 13.7 Å². The second kappa shape index (κ2) is 13.0. The highest BCUT2D eigenvalue weighted by Crippen LogP contribution is 2.40. The monoisotopic (exact) mass is 491 g/mol. The van der Waals surface area contributed by atoms with Crippen molar-refractivity contribution < 1.29 is 14.2 Å². The van der Waals surface area contributed by atoms with E-state index in [1.807, 2.05) is 24.3 Å². The molecule has 2 rings (SSSR count). The summed E-state index contributed by atoms with van der Waals surface area (Å²) in [5.41, 5.74) is 0.341. The highest BCUT2D eigenvalue weighted by molar-refractivity contribution is 14.0. The zero-order valence-corrected chi connectivity index (χ0v) is 19.1. The first kappa shape index (κ1) is 23.8. The van der Waals surface area contributed by atoms with Gasteiger partial charge < -0.3 is 24.8 Å². The molecule has 27 heavy (non-hydrogen) atoms. The van der Waals surface area contributed by atoms with Gasteiger partial charge in [0.25, 0.3) is 0 Å². The van der Waals surface area contributed by atoms with Gasteiger partial charge in [-0.25, -0.2) is 0 Å². The van der Waals surface area contributed by atoms with Gasteiger partial charge in [0.15, 0.2) is 5.96 Å². The number of methoxy groups -OCH3 is 2. The molecule has 1 aliphatic rings. The molecule has 0 aromatic heterocycles. The molecule has 0 spiro atoms. The van der Waals surface area contributed by atoms with Crippen molar-refractivity contribution in [1.29, 1.82) is 0 Å². The summed E-state index contributed by atoms with van der Waals surface area (Å²) in [7, 11) is 5.24. The fraction of sp³-hybridized carbons (Fsp3) is 0.650. The highest BCUT2D eigenvalue weighted by Gasteiger charge is 2.33. The molecular weight excluding hydrogens is 457 g/mol. The number of nitrogens with zero attached hydrogens (tertiary/aromatic N) is 1. The number of hydrogen-bond acceptors (Lipinski definition) is 4. The maximum atomic E-state index is 5.73. The van der Waals surface area contributed by atoms with E-state index in [0.29, 0.717) is 18.6 Å². The molecular formula is C20H34IN3O3. The van der Waals surface area contributed by atoms with Crippen molar-refractivity contribution in [2.24, 2.45) is 10.4 Å². The van der Waals surface area contributed by atoms with Gasteiger partial charge in [-0.3, -0.25) is 4.99 Å². The van der Waals surface area contributed by atoms with Gasteiger partial charge in [0.2, 0.25) is 0 Å². The summed E-state index contributed by atoms with van der Waals surface area (Å²) < 4.78 is 16.2. The Morgan fingerprint density at radius 3 is 2.30 bits per heavy atom. The van der Waals surface area contributed by atoms with Gasteiger partial charge in [0, 0.05) is 27.3 Å². The van der Waals surface area contributed by atoms with Gasteiger partial charge in [-0.15, -0.1) is 24.0 Å². The van der Waals surface area contributed by atoms with Gasteiger partial charge in [-0.05, 0) is 48.9 Å². The van der Waals surface area contributed by atoms with Gasteiger partial charge in [-0.2, -0.15) is 0 Å². The average molecular weight is 491 g/mol. The molecule has 0 radical (unpaired) electrons. The van der Waals surface area contributed by atoms with Crippen molar-refractivity contribution in [3.63, 3.8) is 0 Å². The molecule has 0 saturated heterocycles. The van der Waals surface area contributed by atoms with Gasteiger partial charge in [-0.1, -0.05) is 12.8 Å². The van der Waals surface area contributed by atoms with E-state index in [1.54, 1.807) is 21.3 Å². The summed E-state index contributed by atoms with van der Waals surface area (Å²) >= 11 is 0. The van der Waals surface area contributed by atoms with Gasteiger partial charge in [0.1, 0.15) is 18.1 Å². The fourth-order valence-electron chi connectivity index (χ4n) is 3.46. The molecule has 0 amide bonds. The number of guanidine groups is 1. The van der Waals surface area contributed by atoms with Crippen LogP contribution in [0.25, 0.3) is 0 Å². The maximum absolute atomic E-state index is 5.73. The quantitative estimate of drug-likeness (QED) is 0.227. The van der Waals surface area contributed by atoms with Crippen molar-refractivity contribution in [1.82, 2.24) is 10.6 Å². The number of halogens is 1. The van der Waals surface area contributed by atoms with E-state index in [1.165, 1.54) is 25.7 Å². The van der Waals surface area contributed by atoms with Crippen LogP contribution in [0.15, 0.2) is 29.3 Å². The first-order chi connectivity index (χ1) is 12.7. The zero-order valence-electron chi connectivity index (χ0n) is 16.8. The Morgan fingerprint density at radius 2 is 1.70 bits per heavy atom. The van der Waals surface area contributed by atoms with Crippen LogP contribution in [0.2, 0.25) is 0 Å². The number of aliphatic imine (C=N–C) groups is 1. The third-order valence-corrected chi connectivity index (χ3v) is 5.08. The normalized spacial score (nSPS) is 15.7. The van der Waals surface area contributed by atoms with Crippen molar-refractivity contribution in [2.75, 3.05) is 47.6 Å². The van der Waals surface area contributed by atoms with Gasteiger partial charge >= 0.3 is 0 Å². The maximum Gasteiger partial charge on any atom is 0.191 e. The molecule has 0 unspecified atom stereocenters. The van der Waals surface area contributed by atoms with Crippen LogP contribution in [0.4, 0.5) is 0 Å². The fourth-order valence-corrected chi connectivity index (χ4v) is 3.46. The molecule has 0 atom stereocenters. The lowest BCUT2D eigenvalue weighted by Crippen LogP contribution is -2.44. The Bertz CT molecular complexity index is 546. The second-order valence-corrected chi connectivity index (χ2v) is 6.83. The van der Waals surface area contributed by atoms with Crippen molar-refractivity contribution in [3.8, 4) is 11.5 Å². The SMILES string of the molecule is CN=C(NCCOc1ccc(OC)cc1)NCC1(CCOC)CCCC1.I. The number of hydrogen-bond donors (Lipinski definition) is 2. The van der Waals surface area contributed by atoms with Crippen LogP contribution in [0.5, 0.6) is 11.5 Å². The Labute approximate surface area is 180 Å². The van der Waals surface area contributed by atoms with E-state index in [9.17, 15) is 0 Å². The Balaban J connectivity index is 0.00000364. The molecule has 7 heteroatoms. The van der Waals surface area contributed by atoms with Crippen LogP contribution in [-0.2, 0) is 4.74 Å². The van der Waals surface area contributed by atoms with Crippen LogP contribution in [-0.4, -0.2) is 53.5 Å². The lowest BCUT2D eigenvalue weighted by atomic mass is 9.83. The van der Waals surface area contributed by atoms with Crippen molar-refractivity contribution in [3.05, 3.63) is 24.3 Å². The van der Waals surface area contributed by atoms with Crippen LogP contribution < -0.4 is 20.1 Å². The molecule has 154 valence electrons. The highest BCUT2D eigenvalue weighted by atomic mass is 127. The van der Waals surface area contributed by atoms with E-state index in [4.69, 9.17) is 14.2 Å². The van der Waals surface area contributed by atoms with E-state index >= 15 is 0 Å². The van der Waals surface area contributed by atoms with E-state index in [-0.39, 0.29) is 24.0 Å². The summed E-state index contributed by atoms with van der Waals surface area (Å²) in [5, 5.41) is 6.80. The largest absolute Gasteiger partial charge is 0.497 e. The lowest BCUT2D eigenvalue weighted by molar-refractivity contribution is 0.138. The van der Waals surface area contributed by atoms with Crippen molar-refractivity contribution in [2.45, 2.75) is 32.1 Å². The van der Waals surface area contributed by atoms with Crippen LogP contribution >= 0.6 is 24.0 Å². The van der Waals surface area contributed by atoms with Crippen LogP contribution in [0, 0.1) is 5.41 Å². The summed E-state index contributed by atoms with van der Waals surface area (Å²) in [6.45, 7) is 3.03. The standard InChI is InChI=1S/C20H33N3O3.HI/c1-21-19(23-16-20(12-14-24-2)10-4-5-11-20)22-13-15-26-18-8-6-17(25-3)7-9-18;/h6-9H,4-5,10-16H2,1-3H3,(H2,21,22,23);1H. The second-order valence-electron chi connectivity index (χ2n) is 6.83. The zero-order chi connectivity index (χ0) is 18.7. The third-order valence-electron chi connectivity index (χ3n) is 5.08. The molecule has 1 aromatic rings. The van der Waals surface area contributed by atoms with Crippen LogP contribution in [0.1, 0.15) is 32.1 Å². The predicted octanol–water partition coefficient (Wildman–Crippen LogP) is 3.45. The first-order valence-corrected chi connectivity index (χ1v) is 9.42. The lowest BCUT2D eigenvalue weighted by Gasteiger charge is -2.29. The molecule has 0 aliphatic heterocycles. The molecule has 1 aliphatic carbocycles. The summed E-state index contributed by atoms with van der Waals surface area (Å²) in [6.07, 6.45) is 6.26. The molecule has 2 N–H and O–H groups in total. The number of rotatable bonds is 10. The summed E-state index contributed by atoms with van der Waals surface area (Å²) in [5.74, 6) is 2.49. The first-order valence-electron chi connectivity index (χ1n) is 9.42. The molecule has 1 aromatic carbocycles. The van der Waals surface area contributed by atoms with Crippen LogP contribution in [0.3, 0.4) is 0 Å². The summed E-state index contributed by atoms with van der Waals surface area (Å²) in [4.78, 5) is 4.32. The smallest absolute Gasteiger partial charge is 0.191 e. The molecule has 0 bridgehead atoms. The molecule has 1 fully saturated rings. The number of benzene rings is 1. The Morgan fingerprint density at radius 1 is 1.04 bits per heavy atom. The molecule has 6 nitrogen and oxygen atoms in total. The topological polar surface area (TPSA) is 64.1 Å². The van der Waals surface area contributed by atoms with Crippen molar-refractivity contribution >= 4 is 29.9 Å². The molecule has 0 heterocycles. The third kappa shape index (κ3) is 8.13. The average Bonchev–Trinajstić information content (AvgIpc) is 3.15. The Hall–Kier alpha value is -1.22. The Kier molecular flexibility index (Phi) is 11.5. The molecule has 1 saturated carbocycles. The minimum Gasteiger partial charge on any atom is -0.497 e. The number of ether oxygens (including phenoxy) is 3. The minimum atomic E-state index is 0. The van der Waals surface area contributed by atoms with E-state index in [0.717, 1.165) is 37.0 Å². The summed E-state index contributed by atoms with van der Waals surface area (Å²) in [6, 6.07) is 7.60. The van der Waals surface area contributed by atoms with E-state index < -0.39 is 0 Å². The van der Waals surface area contributed by atoms with E-state index in [2.05, 4.69) is 15.6 Å². The number of nitrogens with one attached hydrogen (secondary N) is 2. The minimum absolute atomic E-state index is 0. The predicted molar refractivity (Wildman–Crippen MR) is 121 cm³/mol.